The molecule has 0 radical (unpaired) electrons. The van der Waals surface area contributed by atoms with Gasteiger partial charge in [0.25, 0.3) is 0 Å². The summed E-state index contributed by atoms with van der Waals surface area (Å²) in [6.07, 6.45) is 3.70. The fourth-order valence-electron chi connectivity index (χ4n) is 4.29. The van der Waals surface area contributed by atoms with E-state index in [1.54, 1.807) is 19.4 Å². The van der Waals surface area contributed by atoms with Crippen molar-refractivity contribution in [2.75, 3.05) is 20.3 Å². The zero-order valence-corrected chi connectivity index (χ0v) is 18.6. The van der Waals surface area contributed by atoms with Crippen LogP contribution in [-0.4, -0.2) is 34.7 Å². The Bertz CT molecular complexity index is 1290. The number of benzene rings is 2. The van der Waals surface area contributed by atoms with E-state index in [0.29, 0.717) is 24.1 Å². The van der Waals surface area contributed by atoms with Crippen LogP contribution in [-0.2, 0) is 6.54 Å². The molecule has 0 aliphatic carbocycles. The van der Waals surface area contributed by atoms with Crippen molar-refractivity contribution in [1.29, 1.82) is 0 Å². The van der Waals surface area contributed by atoms with Crippen molar-refractivity contribution in [3.63, 3.8) is 0 Å². The van der Waals surface area contributed by atoms with Crippen LogP contribution in [0.15, 0.2) is 60.9 Å². The fourth-order valence-corrected chi connectivity index (χ4v) is 4.58. The van der Waals surface area contributed by atoms with Crippen molar-refractivity contribution in [3.8, 4) is 17.3 Å². The summed E-state index contributed by atoms with van der Waals surface area (Å²) < 4.78 is 27.0. The van der Waals surface area contributed by atoms with E-state index in [9.17, 15) is 4.39 Å². The van der Waals surface area contributed by atoms with Gasteiger partial charge in [0.1, 0.15) is 18.2 Å². The Labute approximate surface area is 191 Å². The van der Waals surface area contributed by atoms with Crippen LogP contribution in [0.3, 0.4) is 0 Å². The molecule has 1 aliphatic rings. The van der Waals surface area contributed by atoms with Crippen LogP contribution >= 0.6 is 11.6 Å². The van der Waals surface area contributed by atoms with Crippen molar-refractivity contribution in [2.24, 2.45) is 0 Å². The Morgan fingerprint density at radius 2 is 2.03 bits per heavy atom. The molecule has 1 unspecified atom stereocenters. The van der Waals surface area contributed by atoms with Gasteiger partial charge in [-0.1, -0.05) is 11.6 Å². The zero-order valence-electron chi connectivity index (χ0n) is 17.9. The van der Waals surface area contributed by atoms with Gasteiger partial charge in [-0.3, -0.25) is 4.90 Å². The fraction of sp³-hybridized carbons (Fsp3) is 0.240. The Balaban J connectivity index is 1.51. The SMILES string of the molecule is COc1cc(C(C)N2CCOc3c(Cl)cc(-n4ccc5cc(F)ccc54)cc3C2)ccn1. The lowest BCUT2D eigenvalue weighted by Gasteiger charge is -2.27. The molecule has 164 valence electrons. The summed E-state index contributed by atoms with van der Waals surface area (Å²) in [5, 5.41) is 1.41. The summed E-state index contributed by atoms with van der Waals surface area (Å²) in [5.74, 6) is 1.07. The van der Waals surface area contributed by atoms with Gasteiger partial charge < -0.3 is 14.0 Å². The highest BCUT2D eigenvalue weighted by molar-refractivity contribution is 6.32. The van der Waals surface area contributed by atoms with E-state index in [2.05, 4.69) is 22.9 Å². The van der Waals surface area contributed by atoms with E-state index in [0.717, 1.165) is 40.0 Å². The molecule has 4 aromatic rings. The summed E-state index contributed by atoms with van der Waals surface area (Å²) in [4.78, 5) is 6.56. The minimum absolute atomic E-state index is 0.138. The molecule has 0 fully saturated rings. The van der Waals surface area contributed by atoms with Gasteiger partial charge in [0.05, 0.1) is 17.6 Å². The summed E-state index contributed by atoms with van der Waals surface area (Å²) in [7, 11) is 1.62. The highest BCUT2D eigenvalue weighted by Gasteiger charge is 2.24. The molecule has 2 aromatic carbocycles. The second-order valence-corrected chi connectivity index (χ2v) is 8.34. The average Bonchev–Trinajstić information content (AvgIpc) is 3.09. The van der Waals surface area contributed by atoms with Crippen molar-refractivity contribution in [2.45, 2.75) is 19.5 Å². The van der Waals surface area contributed by atoms with Gasteiger partial charge >= 0.3 is 0 Å². The topological polar surface area (TPSA) is 39.5 Å². The van der Waals surface area contributed by atoms with Gasteiger partial charge in [0.15, 0.2) is 0 Å². The van der Waals surface area contributed by atoms with Crippen LogP contribution in [0.5, 0.6) is 11.6 Å². The first kappa shape index (κ1) is 20.8. The number of hydrogen-bond acceptors (Lipinski definition) is 4. The van der Waals surface area contributed by atoms with Gasteiger partial charge in [-0.05, 0) is 55.0 Å². The van der Waals surface area contributed by atoms with Crippen LogP contribution in [0.1, 0.15) is 24.1 Å². The van der Waals surface area contributed by atoms with Crippen molar-refractivity contribution >= 4 is 22.5 Å². The molecule has 0 N–H and O–H groups in total. The number of rotatable bonds is 4. The van der Waals surface area contributed by atoms with E-state index in [-0.39, 0.29) is 11.9 Å². The molecule has 32 heavy (non-hydrogen) atoms. The molecular weight excluding hydrogens is 429 g/mol. The molecule has 1 aliphatic heterocycles. The number of hydrogen-bond donors (Lipinski definition) is 0. The Morgan fingerprint density at radius 1 is 1.16 bits per heavy atom. The van der Waals surface area contributed by atoms with Crippen LogP contribution in [0, 0.1) is 5.82 Å². The van der Waals surface area contributed by atoms with Crippen LogP contribution in [0.4, 0.5) is 4.39 Å². The van der Waals surface area contributed by atoms with Gasteiger partial charge in [0.2, 0.25) is 5.88 Å². The first-order chi connectivity index (χ1) is 15.5. The number of methoxy groups -OCH3 is 1. The lowest BCUT2D eigenvalue weighted by atomic mass is 10.1. The third-order valence-electron chi connectivity index (χ3n) is 6.03. The largest absolute Gasteiger partial charge is 0.490 e. The molecule has 7 heteroatoms. The monoisotopic (exact) mass is 451 g/mol. The third kappa shape index (κ3) is 3.80. The Hall–Kier alpha value is -3.09. The number of fused-ring (bicyclic) bond motifs is 2. The van der Waals surface area contributed by atoms with Crippen molar-refractivity contribution < 1.29 is 13.9 Å². The maximum absolute atomic E-state index is 13.6. The maximum Gasteiger partial charge on any atom is 0.213 e. The predicted molar refractivity (Wildman–Crippen MR) is 123 cm³/mol. The summed E-state index contributed by atoms with van der Waals surface area (Å²) in [5.41, 5.74) is 3.98. The number of nitrogens with zero attached hydrogens (tertiary/aromatic N) is 3. The smallest absolute Gasteiger partial charge is 0.213 e. The second kappa shape index (κ2) is 8.45. The van der Waals surface area contributed by atoms with Crippen molar-refractivity contribution in [3.05, 3.63) is 82.9 Å². The van der Waals surface area contributed by atoms with Gasteiger partial charge in [-0.25, -0.2) is 9.37 Å². The molecule has 5 nitrogen and oxygen atoms in total. The number of aromatic nitrogens is 2. The molecular formula is C25H23ClFN3O2. The van der Waals surface area contributed by atoms with E-state index in [1.165, 1.54) is 12.1 Å². The van der Waals surface area contributed by atoms with Crippen molar-refractivity contribution in [1.82, 2.24) is 14.5 Å². The molecule has 1 atom stereocenters. The lowest BCUT2D eigenvalue weighted by molar-refractivity contribution is 0.179. The normalized spacial score (nSPS) is 15.1. The van der Waals surface area contributed by atoms with Gasteiger partial charge in [-0.15, -0.1) is 0 Å². The van der Waals surface area contributed by atoms with E-state index in [1.807, 2.05) is 35.0 Å². The molecule has 0 saturated heterocycles. The Kier molecular flexibility index (Phi) is 5.49. The highest BCUT2D eigenvalue weighted by Crippen LogP contribution is 2.37. The number of halogens is 2. The standard InChI is InChI=1S/C25H23ClFN3O2/c1-16(17-5-7-28-24(13-17)31-2)29-9-10-32-25-19(15-29)12-21(14-22(25)26)30-8-6-18-11-20(27)3-4-23(18)30/h3-8,11-14,16H,9-10,15H2,1-2H3. The quantitative estimate of drug-likeness (QED) is 0.394. The molecule has 5 rings (SSSR count). The number of pyridine rings is 1. The molecule has 0 spiro atoms. The summed E-state index contributed by atoms with van der Waals surface area (Å²) in [6.45, 7) is 4.16. The van der Waals surface area contributed by atoms with E-state index in [4.69, 9.17) is 21.1 Å². The molecule has 2 aromatic heterocycles. The molecule has 0 saturated carbocycles. The average molecular weight is 452 g/mol. The summed E-state index contributed by atoms with van der Waals surface area (Å²) >= 11 is 6.66. The first-order valence-corrected chi connectivity index (χ1v) is 10.9. The van der Waals surface area contributed by atoms with Gasteiger partial charge in [-0.2, -0.15) is 0 Å². The molecule has 0 amide bonds. The van der Waals surface area contributed by atoms with E-state index >= 15 is 0 Å². The number of ether oxygens (including phenoxy) is 2. The highest BCUT2D eigenvalue weighted by atomic mass is 35.5. The zero-order chi connectivity index (χ0) is 22.2. The Morgan fingerprint density at radius 3 is 2.88 bits per heavy atom. The van der Waals surface area contributed by atoms with E-state index < -0.39 is 0 Å². The first-order valence-electron chi connectivity index (χ1n) is 10.5. The van der Waals surface area contributed by atoms with Crippen LogP contribution in [0.25, 0.3) is 16.6 Å². The third-order valence-corrected chi connectivity index (χ3v) is 6.31. The minimum atomic E-state index is -0.249. The van der Waals surface area contributed by atoms with Crippen LogP contribution < -0.4 is 9.47 Å². The minimum Gasteiger partial charge on any atom is -0.490 e. The summed E-state index contributed by atoms with van der Waals surface area (Å²) in [6, 6.07) is 14.8. The molecule has 0 bridgehead atoms. The van der Waals surface area contributed by atoms with Crippen LogP contribution in [0.2, 0.25) is 5.02 Å². The maximum atomic E-state index is 13.6. The lowest BCUT2D eigenvalue weighted by Crippen LogP contribution is -2.28. The predicted octanol–water partition coefficient (Wildman–Crippen LogP) is 5.78. The second-order valence-electron chi connectivity index (χ2n) is 7.93. The molecule has 3 heterocycles. The van der Waals surface area contributed by atoms with Gasteiger partial charge in [0, 0.05) is 54.2 Å².